The fraction of sp³-hybridized carbons (Fsp3) is 0.286. The fourth-order valence-electron chi connectivity index (χ4n) is 3.95. The average Bonchev–Trinajstić information content (AvgIpc) is 2.92. The predicted octanol–water partition coefficient (Wildman–Crippen LogP) is 5.46. The number of anilines is 1. The van der Waals surface area contributed by atoms with Crippen LogP contribution in [-0.2, 0) is 22.2 Å². The molecule has 0 aliphatic carbocycles. The summed E-state index contributed by atoms with van der Waals surface area (Å²) in [6.45, 7) is -0.970. The third kappa shape index (κ3) is 7.68. The minimum absolute atomic E-state index is 0.0366. The fourth-order valence-corrected chi connectivity index (χ4v) is 3.95. The van der Waals surface area contributed by atoms with E-state index in [1.807, 2.05) is 0 Å². The third-order valence-electron chi connectivity index (χ3n) is 5.92. The van der Waals surface area contributed by atoms with Gasteiger partial charge in [0.15, 0.2) is 11.5 Å². The lowest BCUT2D eigenvalue weighted by Gasteiger charge is -2.28. The Morgan fingerprint density at radius 3 is 2.10 bits per heavy atom. The van der Waals surface area contributed by atoms with Gasteiger partial charge in [-0.15, -0.1) is 0 Å². The second kappa shape index (κ2) is 13.1. The number of hydrogen-bond acceptors (Lipinski definition) is 4. The zero-order valence-corrected chi connectivity index (χ0v) is 21.2. The molecule has 3 aromatic carbocycles. The first-order chi connectivity index (χ1) is 18.5. The van der Waals surface area contributed by atoms with Crippen LogP contribution in [0.5, 0.6) is 11.5 Å². The van der Waals surface area contributed by atoms with Crippen molar-refractivity contribution in [2.24, 2.45) is 0 Å². The largest absolute Gasteiger partial charge is 0.493 e. The Balaban J connectivity index is 2.00. The van der Waals surface area contributed by atoms with E-state index in [2.05, 4.69) is 5.32 Å². The van der Waals surface area contributed by atoms with Crippen LogP contribution in [0.3, 0.4) is 0 Å². The summed E-state index contributed by atoms with van der Waals surface area (Å²) in [6, 6.07) is 17.1. The maximum atomic E-state index is 13.9. The van der Waals surface area contributed by atoms with E-state index in [0.29, 0.717) is 22.7 Å². The molecule has 2 amide bonds. The summed E-state index contributed by atoms with van der Waals surface area (Å²) >= 11 is 0. The van der Waals surface area contributed by atoms with E-state index < -0.39 is 42.4 Å². The first-order valence-electron chi connectivity index (χ1n) is 11.9. The molecule has 1 unspecified atom stereocenters. The standard InChI is InChI=1S/C28H27F5N2O4/c1-38-22-13-12-21(16-23(22)39-2)35(15-14-18-8-10-20(11-9-18)28(31,32)33)27(37)25(19-6-4-3-5-7-19)26(36)34-17-24(29)30/h3-13,16,24-25H,14-15,17H2,1-2H3,(H,34,36). The van der Waals surface area contributed by atoms with E-state index in [4.69, 9.17) is 9.47 Å². The Labute approximate surface area is 222 Å². The first kappa shape index (κ1) is 29.4. The number of carbonyl (C=O) groups is 2. The zero-order valence-electron chi connectivity index (χ0n) is 21.2. The van der Waals surface area contributed by atoms with Crippen molar-refractivity contribution in [2.45, 2.75) is 24.9 Å². The van der Waals surface area contributed by atoms with E-state index >= 15 is 0 Å². The molecule has 6 nitrogen and oxygen atoms in total. The highest BCUT2D eigenvalue weighted by Crippen LogP contribution is 2.34. The highest BCUT2D eigenvalue weighted by molar-refractivity contribution is 6.12. The van der Waals surface area contributed by atoms with Crippen molar-refractivity contribution in [1.29, 1.82) is 0 Å². The van der Waals surface area contributed by atoms with Crippen LogP contribution < -0.4 is 19.7 Å². The molecule has 208 valence electrons. The van der Waals surface area contributed by atoms with Crippen LogP contribution in [-0.4, -0.2) is 45.5 Å². The van der Waals surface area contributed by atoms with Gasteiger partial charge in [-0.1, -0.05) is 42.5 Å². The number of nitrogens with one attached hydrogen (secondary N) is 1. The molecule has 39 heavy (non-hydrogen) atoms. The lowest BCUT2D eigenvalue weighted by molar-refractivity contribution is -0.137. The van der Waals surface area contributed by atoms with E-state index in [-0.39, 0.29) is 18.5 Å². The Morgan fingerprint density at radius 1 is 0.897 bits per heavy atom. The van der Waals surface area contributed by atoms with Gasteiger partial charge in [-0.2, -0.15) is 13.2 Å². The monoisotopic (exact) mass is 550 g/mol. The summed E-state index contributed by atoms with van der Waals surface area (Å²) in [6.07, 6.45) is -7.17. The topological polar surface area (TPSA) is 67.9 Å². The van der Waals surface area contributed by atoms with Crippen LogP contribution in [0.1, 0.15) is 22.6 Å². The Hall–Kier alpha value is -4.15. The van der Waals surface area contributed by atoms with Crippen molar-refractivity contribution < 1.29 is 41.0 Å². The minimum Gasteiger partial charge on any atom is -0.493 e. The molecule has 0 aliphatic heterocycles. The number of halogens is 5. The average molecular weight is 551 g/mol. The predicted molar refractivity (Wildman–Crippen MR) is 135 cm³/mol. The first-order valence-corrected chi connectivity index (χ1v) is 11.9. The van der Waals surface area contributed by atoms with Crippen LogP contribution in [0.25, 0.3) is 0 Å². The normalized spacial score (nSPS) is 12.1. The smallest absolute Gasteiger partial charge is 0.416 e. The quantitative estimate of drug-likeness (QED) is 0.254. The number of nitrogens with zero attached hydrogens (tertiary/aromatic N) is 1. The highest BCUT2D eigenvalue weighted by Gasteiger charge is 2.34. The Morgan fingerprint density at radius 2 is 1.54 bits per heavy atom. The van der Waals surface area contributed by atoms with Gasteiger partial charge in [0.2, 0.25) is 11.8 Å². The number of benzene rings is 3. The molecule has 3 aromatic rings. The number of ether oxygens (including phenoxy) is 2. The summed E-state index contributed by atoms with van der Waals surface area (Å²) in [5.74, 6) is -2.42. The number of rotatable bonds is 11. The molecule has 0 spiro atoms. The molecule has 0 bridgehead atoms. The van der Waals surface area contributed by atoms with Gasteiger partial charge >= 0.3 is 6.18 Å². The summed E-state index contributed by atoms with van der Waals surface area (Å²) in [5.41, 5.74) is 0.306. The second-order valence-corrected chi connectivity index (χ2v) is 8.45. The van der Waals surface area contributed by atoms with Gasteiger partial charge in [0.25, 0.3) is 6.43 Å². The van der Waals surface area contributed by atoms with Gasteiger partial charge in [-0.25, -0.2) is 8.78 Å². The number of methoxy groups -OCH3 is 2. The molecule has 0 saturated heterocycles. The van der Waals surface area contributed by atoms with Crippen molar-refractivity contribution in [3.8, 4) is 11.5 Å². The van der Waals surface area contributed by atoms with Crippen LogP contribution >= 0.6 is 0 Å². The van der Waals surface area contributed by atoms with Crippen molar-refractivity contribution >= 4 is 17.5 Å². The molecule has 0 heterocycles. The Bertz CT molecular complexity index is 1250. The maximum Gasteiger partial charge on any atom is 0.416 e. The van der Waals surface area contributed by atoms with Crippen molar-refractivity contribution in [1.82, 2.24) is 5.32 Å². The summed E-state index contributed by atoms with van der Waals surface area (Å²) in [7, 11) is 2.84. The van der Waals surface area contributed by atoms with E-state index in [1.54, 1.807) is 30.3 Å². The van der Waals surface area contributed by atoms with Crippen LogP contribution in [0, 0.1) is 0 Å². The molecule has 0 radical (unpaired) electrons. The molecule has 1 N–H and O–H groups in total. The lowest BCUT2D eigenvalue weighted by Crippen LogP contribution is -2.44. The van der Waals surface area contributed by atoms with Crippen molar-refractivity contribution in [3.05, 3.63) is 89.5 Å². The minimum atomic E-state index is -4.49. The van der Waals surface area contributed by atoms with Crippen molar-refractivity contribution in [3.63, 3.8) is 0 Å². The van der Waals surface area contributed by atoms with Gasteiger partial charge in [-0.3, -0.25) is 9.59 Å². The molecule has 0 aliphatic rings. The van der Waals surface area contributed by atoms with Crippen LogP contribution in [0.4, 0.5) is 27.6 Å². The number of amides is 2. The SMILES string of the molecule is COc1ccc(N(CCc2ccc(C(F)(F)F)cc2)C(=O)C(C(=O)NCC(F)F)c2ccccc2)cc1OC. The molecular weight excluding hydrogens is 523 g/mol. The second-order valence-electron chi connectivity index (χ2n) is 8.45. The van der Waals surface area contributed by atoms with Gasteiger partial charge in [0, 0.05) is 18.3 Å². The van der Waals surface area contributed by atoms with Crippen LogP contribution in [0.15, 0.2) is 72.8 Å². The Kier molecular flexibility index (Phi) is 9.86. The molecule has 1 atom stereocenters. The lowest BCUT2D eigenvalue weighted by atomic mass is 9.95. The molecule has 3 rings (SSSR count). The van der Waals surface area contributed by atoms with Crippen LogP contribution in [0.2, 0.25) is 0 Å². The number of alkyl halides is 5. The zero-order chi connectivity index (χ0) is 28.6. The molecule has 0 fully saturated rings. The van der Waals surface area contributed by atoms with Gasteiger partial charge < -0.3 is 19.7 Å². The van der Waals surface area contributed by atoms with Crippen molar-refractivity contribution in [2.75, 3.05) is 32.2 Å². The van der Waals surface area contributed by atoms with E-state index in [0.717, 1.165) is 12.1 Å². The van der Waals surface area contributed by atoms with Gasteiger partial charge in [0.05, 0.1) is 26.3 Å². The van der Waals surface area contributed by atoms with Gasteiger partial charge in [0.1, 0.15) is 5.92 Å². The van der Waals surface area contributed by atoms with E-state index in [1.165, 1.54) is 49.5 Å². The molecule has 0 aromatic heterocycles. The molecule has 11 heteroatoms. The highest BCUT2D eigenvalue weighted by atomic mass is 19.4. The third-order valence-corrected chi connectivity index (χ3v) is 5.92. The molecule has 0 saturated carbocycles. The number of carbonyl (C=O) groups excluding carboxylic acids is 2. The summed E-state index contributed by atoms with van der Waals surface area (Å²) < 4.78 is 75.2. The molecular formula is C28H27F5N2O4. The number of hydrogen-bond donors (Lipinski definition) is 1. The van der Waals surface area contributed by atoms with E-state index in [9.17, 15) is 31.5 Å². The maximum absolute atomic E-state index is 13.9. The van der Waals surface area contributed by atoms with Gasteiger partial charge in [-0.05, 0) is 41.8 Å². The summed E-state index contributed by atoms with van der Waals surface area (Å²) in [5, 5.41) is 2.12. The summed E-state index contributed by atoms with van der Waals surface area (Å²) in [4.78, 5) is 28.2.